The van der Waals surface area contributed by atoms with Crippen LogP contribution in [0.2, 0.25) is 0 Å². The lowest BCUT2D eigenvalue weighted by Crippen LogP contribution is -2.17. The predicted octanol–water partition coefficient (Wildman–Crippen LogP) is 4.51. The molecule has 0 aliphatic heterocycles. The highest BCUT2D eigenvalue weighted by atomic mass is 19.1. The Labute approximate surface area is 130 Å². The van der Waals surface area contributed by atoms with E-state index in [1.54, 1.807) is 6.07 Å². The maximum absolute atomic E-state index is 13.4. The Hall–Kier alpha value is -2.16. The summed E-state index contributed by atoms with van der Waals surface area (Å²) in [5, 5.41) is 2.89. The molecule has 2 atom stereocenters. The van der Waals surface area contributed by atoms with Crippen LogP contribution in [0.1, 0.15) is 30.9 Å². The van der Waals surface area contributed by atoms with Gasteiger partial charge in [-0.25, -0.2) is 4.39 Å². The van der Waals surface area contributed by atoms with Crippen molar-refractivity contribution in [1.82, 2.24) is 0 Å². The van der Waals surface area contributed by atoms with E-state index in [2.05, 4.69) is 31.3 Å². The molecule has 0 spiro atoms. The van der Waals surface area contributed by atoms with Crippen LogP contribution in [-0.4, -0.2) is 5.91 Å². The van der Waals surface area contributed by atoms with Crippen molar-refractivity contribution in [3.8, 4) is 0 Å². The standard InChI is InChI=1S/C19H20FNO/c1-12-9-10-14(20)11-15(12)21-18(22)17-16(19(17,2)3)13-7-5-4-6-8-13/h4-11,16-17H,1-3H3,(H,21,22)/t16-,17?/m0/s1. The average molecular weight is 297 g/mol. The van der Waals surface area contributed by atoms with E-state index < -0.39 is 0 Å². The van der Waals surface area contributed by atoms with E-state index >= 15 is 0 Å². The molecule has 0 radical (unpaired) electrons. The number of anilines is 1. The molecule has 0 bridgehead atoms. The first-order valence-corrected chi connectivity index (χ1v) is 7.53. The van der Waals surface area contributed by atoms with Gasteiger partial charge < -0.3 is 5.32 Å². The lowest BCUT2D eigenvalue weighted by Gasteiger charge is -2.09. The minimum absolute atomic E-state index is 0.0347. The lowest BCUT2D eigenvalue weighted by molar-refractivity contribution is -0.118. The molecule has 1 amide bonds. The first-order chi connectivity index (χ1) is 10.4. The Morgan fingerprint density at radius 2 is 1.82 bits per heavy atom. The first-order valence-electron chi connectivity index (χ1n) is 7.53. The third-order valence-electron chi connectivity index (χ3n) is 4.73. The first kappa shape index (κ1) is 14.8. The smallest absolute Gasteiger partial charge is 0.228 e. The molecule has 1 unspecified atom stereocenters. The van der Waals surface area contributed by atoms with Crippen LogP contribution in [0.3, 0.4) is 0 Å². The van der Waals surface area contributed by atoms with Crippen molar-refractivity contribution in [1.29, 1.82) is 0 Å². The third kappa shape index (κ3) is 2.52. The Bertz CT molecular complexity index is 709. The van der Waals surface area contributed by atoms with Gasteiger partial charge in [-0.3, -0.25) is 4.79 Å². The second kappa shape index (κ2) is 5.24. The van der Waals surface area contributed by atoms with Crippen LogP contribution >= 0.6 is 0 Å². The van der Waals surface area contributed by atoms with Crippen LogP contribution in [0.5, 0.6) is 0 Å². The Morgan fingerprint density at radius 1 is 1.14 bits per heavy atom. The number of carbonyl (C=O) groups is 1. The van der Waals surface area contributed by atoms with E-state index in [1.807, 2.05) is 25.1 Å². The van der Waals surface area contributed by atoms with Gasteiger partial charge in [0.1, 0.15) is 5.82 Å². The van der Waals surface area contributed by atoms with E-state index in [1.165, 1.54) is 17.7 Å². The number of rotatable bonds is 3. The summed E-state index contributed by atoms with van der Waals surface area (Å²) in [6.07, 6.45) is 0. The summed E-state index contributed by atoms with van der Waals surface area (Å²) in [5.74, 6) is -0.247. The zero-order valence-corrected chi connectivity index (χ0v) is 13.1. The lowest BCUT2D eigenvalue weighted by atomic mass is 10.0. The Balaban J connectivity index is 1.80. The highest BCUT2D eigenvalue weighted by molar-refractivity contribution is 5.97. The van der Waals surface area contributed by atoms with Gasteiger partial charge in [0, 0.05) is 11.6 Å². The molecule has 2 aromatic carbocycles. The molecular weight excluding hydrogens is 277 g/mol. The zero-order chi connectivity index (χ0) is 15.9. The van der Waals surface area contributed by atoms with Crippen molar-refractivity contribution in [2.24, 2.45) is 11.3 Å². The average Bonchev–Trinajstić information content (AvgIpc) is 3.06. The highest BCUT2D eigenvalue weighted by Gasteiger charge is 2.62. The van der Waals surface area contributed by atoms with Crippen molar-refractivity contribution in [3.05, 3.63) is 65.5 Å². The van der Waals surface area contributed by atoms with Gasteiger partial charge in [-0.2, -0.15) is 0 Å². The highest BCUT2D eigenvalue weighted by Crippen LogP contribution is 2.64. The van der Waals surface area contributed by atoms with Gasteiger partial charge in [0.2, 0.25) is 5.91 Å². The Morgan fingerprint density at radius 3 is 2.50 bits per heavy atom. The molecule has 3 heteroatoms. The SMILES string of the molecule is Cc1ccc(F)cc1NC(=O)C1[C@H](c2ccccc2)C1(C)C. The predicted molar refractivity (Wildman–Crippen MR) is 86.2 cm³/mol. The van der Waals surface area contributed by atoms with Crippen LogP contribution in [-0.2, 0) is 4.79 Å². The largest absolute Gasteiger partial charge is 0.325 e. The molecule has 22 heavy (non-hydrogen) atoms. The van der Waals surface area contributed by atoms with Gasteiger partial charge >= 0.3 is 0 Å². The summed E-state index contributed by atoms with van der Waals surface area (Å²) >= 11 is 0. The number of hydrogen-bond acceptors (Lipinski definition) is 1. The van der Waals surface area contributed by atoms with Gasteiger partial charge in [-0.1, -0.05) is 50.2 Å². The zero-order valence-electron chi connectivity index (χ0n) is 13.1. The van der Waals surface area contributed by atoms with Crippen molar-refractivity contribution >= 4 is 11.6 Å². The molecule has 1 aliphatic carbocycles. The van der Waals surface area contributed by atoms with E-state index in [4.69, 9.17) is 0 Å². The molecule has 0 saturated heterocycles. The molecule has 3 rings (SSSR count). The number of hydrogen-bond donors (Lipinski definition) is 1. The maximum Gasteiger partial charge on any atom is 0.228 e. The van der Waals surface area contributed by atoms with Gasteiger partial charge in [0.15, 0.2) is 0 Å². The monoisotopic (exact) mass is 297 g/mol. The minimum atomic E-state index is -0.337. The van der Waals surface area contributed by atoms with Crippen molar-refractivity contribution < 1.29 is 9.18 Å². The van der Waals surface area contributed by atoms with Crippen LogP contribution in [0.25, 0.3) is 0 Å². The fraction of sp³-hybridized carbons (Fsp3) is 0.316. The summed E-state index contributed by atoms with van der Waals surface area (Å²) in [5.41, 5.74) is 2.53. The summed E-state index contributed by atoms with van der Waals surface area (Å²) in [4.78, 5) is 12.6. The maximum atomic E-state index is 13.4. The Kier molecular flexibility index (Phi) is 3.51. The number of aryl methyl sites for hydroxylation is 1. The second-order valence-corrected chi connectivity index (χ2v) is 6.64. The van der Waals surface area contributed by atoms with Gasteiger partial charge in [0.05, 0.1) is 5.92 Å². The normalized spacial score (nSPS) is 22.2. The number of carbonyl (C=O) groups excluding carboxylic acids is 1. The molecular formula is C19H20FNO. The van der Waals surface area contributed by atoms with E-state index in [0.29, 0.717) is 5.69 Å². The second-order valence-electron chi connectivity index (χ2n) is 6.64. The summed E-state index contributed by atoms with van der Waals surface area (Å²) in [6.45, 7) is 6.07. The molecule has 1 aliphatic rings. The topological polar surface area (TPSA) is 29.1 Å². The van der Waals surface area contributed by atoms with Gasteiger partial charge in [0.25, 0.3) is 0 Å². The van der Waals surface area contributed by atoms with Crippen LogP contribution in [0, 0.1) is 24.1 Å². The number of benzene rings is 2. The van der Waals surface area contributed by atoms with E-state index in [-0.39, 0.29) is 29.0 Å². The summed E-state index contributed by atoms with van der Waals surface area (Å²) in [6, 6.07) is 14.5. The molecule has 0 heterocycles. The van der Waals surface area contributed by atoms with Crippen molar-refractivity contribution in [2.45, 2.75) is 26.7 Å². The molecule has 1 fully saturated rings. The molecule has 2 aromatic rings. The summed E-state index contributed by atoms with van der Waals surface area (Å²) in [7, 11) is 0. The summed E-state index contributed by atoms with van der Waals surface area (Å²) < 4.78 is 13.4. The van der Waals surface area contributed by atoms with E-state index in [0.717, 1.165) is 5.56 Å². The molecule has 0 aromatic heterocycles. The number of halogens is 1. The number of amides is 1. The molecule has 2 nitrogen and oxygen atoms in total. The number of nitrogens with one attached hydrogen (secondary N) is 1. The minimum Gasteiger partial charge on any atom is -0.325 e. The van der Waals surface area contributed by atoms with Crippen LogP contribution < -0.4 is 5.32 Å². The van der Waals surface area contributed by atoms with Crippen molar-refractivity contribution in [2.75, 3.05) is 5.32 Å². The van der Waals surface area contributed by atoms with Crippen LogP contribution in [0.4, 0.5) is 10.1 Å². The molecule has 1 N–H and O–H groups in total. The third-order valence-corrected chi connectivity index (χ3v) is 4.73. The quantitative estimate of drug-likeness (QED) is 0.887. The molecule has 114 valence electrons. The fourth-order valence-electron chi connectivity index (χ4n) is 3.35. The van der Waals surface area contributed by atoms with Crippen LogP contribution in [0.15, 0.2) is 48.5 Å². The molecule has 1 saturated carbocycles. The van der Waals surface area contributed by atoms with Crippen molar-refractivity contribution in [3.63, 3.8) is 0 Å². The fourth-order valence-corrected chi connectivity index (χ4v) is 3.35. The van der Waals surface area contributed by atoms with Gasteiger partial charge in [-0.05, 0) is 35.6 Å². The van der Waals surface area contributed by atoms with E-state index in [9.17, 15) is 9.18 Å². The van der Waals surface area contributed by atoms with Gasteiger partial charge in [-0.15, -0.1) is 0 Å².